The lowest BCUT2D eigenvalue weighted by molar-refractivity contribution is -0.137. The Morgan fingerprint density at radius 1 is 0.943 bits per heavy atom. The van der Waals surface area contributed by atoms with Crippen LogP contribution in [0.3, 0.4) is 0 Å². The van der Waals surface area contributed by atoms with Crippen LogP contribution < -0.4 is 5.32 Å². The predicted molar refractivity (Wildman–Crippen MR) is 131 cm³/mol. The van der Waals surface area contributed by atoms with Gasteiger partial charge in [-0.05, 0) is 87.1 Å². The van der Waals surface area contributed by atoms with Gasteiger partial charge in [-0.1, -0.05) is 42.5 Å². The van der Waals surface area contributed by atoms with E-state index in [1.807, 2.05) is 6.07 Å². The number of carbonyl (C=O) groups is 1. The normalized spacial score (nSPS) is 21.3. The van der Waals surface area contributed by atoms with Gasteiger partial charge < -0.3 is 5.32 Å². The Labute approximate surface area is 205 Å². The summed E-state index contributed by atoms with van der Waals surface area (Å²) in [5.41, 5.74) is 1.53. The number of hydrogen-bond acceptors (Lipinski definition) is 2. The quantitative estimate of drug-likeness (QED) is 0.291. The van der Waals surface area contributed by atoms with E-state index in [-0.39, 0.29) is 23.8 Å². The van der Waals surface area contributed by atoms with Crippen LogP contribution in [0.15, 0.2) is 54.7 Å². The highest BCUT2D eigenvalue weighted by molar-refractivity contribution is 5.92. The molecule has 1 aromatic heterocycles. The molecule has 4 rings (SSSR count). The van der Waals surface area contributed by atoms with E-state index in [1.165, 1.54) is 12.1 Å². The molecular formula is C29H31F3N2O. The van der Waals surface area contributed by atoms with Crippen LogP contribution in [0.2, 0.25) is 0 Å². The molecule has 6 heteroatoms. The molecule has 2 aromatic rings. The average molecular weight is 481 g/mol. The molecule has 0 saturated heterocycles. The number of pyridine rings is 1. The van der Waals surface area contributed by atoms with Gasteiger partial charge in [0.1, 0.15) is 5.69 Å². The van der Waals surface area contributed by atoms with Crippen LogP contribution in [0.25, 0.3) is 0 Å². The Morgan fingerprint density at radius 3 is 2.40 bits per heavy atom. The number of nitrogens with zero attached hydrogens (tertiary/aromatic N) is 1. The lowest BCUT2D eigenvalue weighted by atomic mass is 9.90. The highest BCUT2D eigenvalue weighted by atomic mass is 19.4. The third kappa shape index (κ3) is 7.21. The number of amides is 1. The molecule has 1 N–H and O–H groups in total. The molecule has 2 atom stereocenters. The van der Waals surface area contributed by atoms with Gasteiger partial charge in [0.15, 0.2) is 0 Å². The molecule has 184 valence electrons. The molecule has 2 unspecified atom stereocenters. The van der Waals surface area contributed by atoms with Gasteiger partial charge in [0.25, 0.3) is 5.91 Å². The topological polar surface area (TPSA) is 42.0 Å². The molecule has 0 radical (unpaired) electrons. The Kier molecular flexibility index (Phi) is 8.28. The molecule has 3 nitrogen and oxygen atoms in total. The van der Waals surface area contributed by atoms with Crippen molar-refractivity contribution in [2.75, 3.05) is 0 Å². The van der Waals surface area contributed by atoms with Gasteiger partial charge in [-0.2, -0.15) is 13.2 Å². The van der Waals surface area contributed by atoms with Crippen LogP contribution in [-0.2, 0) is 6.18 Å². The molecule has 1 fully saturated rings. The lowest BCUT2D eigenvalue weighted by Crippen LogP contribution is -2.34. The molecule has 2 aliphatic carbocycles. The first kappa shape index (κ1) is 25.0. The molecular weight excluding hydrogens is 449 g/mol. The average Bonchev–Trinajstić information content (AvgIpc) is 3.25. The van der Waals surface area contributed by atoms with Gasteiger partial charge in [0.2, 0.25) is 0 Å². The van der Waals surface area contributed by atoms with E-state index in [0.717, 1.165) is 68.9 Å². The zero-order chi connectivity index (χ0) is 24.7. The minimum absolute atomic E-state index is 0.158. The Bertz CT molecular complexity index is 1090. The number of carbonyl (C=O) groups excluding carboxylic acids is 1. The van der Waals surface area contributed by atoms with Crippen molar-refractivity contribution in [2.24, 2.45) is 5.92 Å². The standard InChI is InChI=1S/C29H31F3N2O/c30-29(31,32)25-16-14-24(15-17-25)23-7-5-6-21(12-13-23)10-11-22-18-19-33-27(20-22)28(35)34-26-8-3-1-2-4-9-26/h1-2,14-21,23,26H,3-9,12-13H2,(H,34,35). The summed E-state index contributed by atoms with van der Waals surface area (Å²) in [5.74, 6) is 6.93. The van der Waals surface area contributed by atoms with E-state index in [9.17, 15) is 18.0 Å². The second-order valence-electron chi connectivity index (χ2n) is 9.52. The first-order valence-electron chi connectivity index (χ1n) is 12.5. The third-order valence-electron chi connectivity index (χ3n) is 6.96. The molecule has 1 heterocycles. The number of aromatic nitrogens is 1. The Morgan fingerprint density at radius 2 is 1.69 bits per heavy atom. The minimum atomic E-state index is -4.30. The number of rotatable bonds is 3. The predicted octanol–water partition coefficient (Wildman–Crippen LogP) is 7.04. The van der Waals surface area contributed by atoms with Crippen molar-refractivity contribution in [3.8, 4) is 11.8 Å². The molecule has 1 saturated carbocycles. The zero-order valence-corrected chi connectivity index (χ0v) is 19.8. The number of benzene rings is 1. The van der Waals surface area contributed by atoms with Crippen LogP contribution in [0.5, 0.6) is 0 Å². The van der Waals surface area contributed by atoms with Gasteiger partial charge in [-0.25, -0.2) is 0 Å². The van der Waals surface area contributed by atoms with E-state index in [0.29, 0.717) is 5.69 Å². The molecule has 1 aromatic carbocycles. The SMILES string of the molecule is O=C(NC1CCC=CCC1)c1cc(C#CC2CCCC(c3ccc(C(F)(F)F)cc3)CC2)ccn1. The maximum Gasteiger partial charge on any atom is 0.416 e. The van der Waals surface area contributed by atoms with Gasteiger partial charge in [0.05, 0.1) is 5.56 Å². The third-order valence-corrected chi connectivity index (χ3v) is 6.96. The van der Waals surface area contributed by atoms with Crippen LogP contribution in [0.4, 0.5) is 13.2 Å². The molecule has 0 spiro atoms. The number of allylic oxidation sites excluding steroid dienone is 2. The number of halogens is 3. The molecule has 0 aliphatic heterocycles. The maximum absolute atomic E-state index is 12.8. The zero-order valence-electron chi connectivity index (χ0n) is 19.8. The van der Waals surface area contributed by atoms with E-state index in [4.69, 9.17) is 0 Å². The van der Waals surface area contributed by atoms with E-state index >= 15 is 0 Å². The van der Waals surface area contributed by atoms with Crippen molar-refractivity contribution in [1.82, 2.24) is 10.3 Å². The fraction of sp³-hybridized carbons (Fsp3) is 0.448. The van der Waals surface area contributed by atoms with E-state index < -0.39 is 11.7 Å². The fourth-order valence-corrected chi connectivity index (χ4v) is 4.92. The minimum Gasteiger partial charge on any atom is -0.348 e. The van der Waals surface area contributed by atoms with Crippen LogP contribution >= 0.6 is 0 Å². The number of alkyl halides is 3. The maximum atomic E-state index is 12.8. The fourth-order valence-electron chi connectivity index (χ4n) is 4.92. The summed E-state index contributed by atoms with van der Waals surface area (Å²) in [4.78, 5) is 16.9. The van der Waals surface area contributed by atoms with Crippen molar-refractivity contribution in [1.29, 1.82) is 0 Å². The summed E-state index contributed by atoms with van der Waals surface area (Å²) < 4.78 is 38.5. The van der Waals surface area contributed by atoms with Gasteiger partial charge in [-0.3, -0.25) is 9.78 Å². The lowest BCUT2D eigenvalue weighted by Gasteiger charge is -2.16. The summed E-state index contributed by atoms with van der Waals surface area (Å²) in [6, 6.07) is 9.34. The van der Waals surface area contributed by atoms with Crippen LogP contribution in [0.1, 0.15) is 90.9 Å². The number of nitrogens with one attached hydrogen (secondary N) is 1. The van der Waals surface area contributed by atoms with Crippen molar-refractivity contribution in [3.05, 3.63) is 77.1 Å². The Balaban J connectivity index is 1.34. The molecule has 1 amide bonds. The smallest absolute Gasteiger partial charge is 0.348 e. The molecule has 2 aliphatic rings. The van der Waals surface area contributed by atoms with Crippen molar-refractivity contribution >= 4 is 5.91 Å². The summed E-state index contributed by atoms with van der Waals surface area (Å²) >= 11 is 0. The van der Waals surface area contributed by atoms with E-state index in [2.05, 4.69) is 34.3 Å². The highest BCUT2D eigenvalue weighted by Gasteiger charge is 2.30. The van der Waals surface area contributed by atoms with Crippen molar-refractivity contribution in [3.63, 3.8) is 0 Å². The molecule has 35 heavy (non-hydrogen) atoms. The second kappa shape index (κ2) is 11.6. The van der Waals surface area contributed by atoms with Gasteiger partial charge >= 0.3 is 6.18 Å². The largest absolute Gasteiger partial charge is 0.416 e. The van der Waals surface area contributed by atoms with Crippen LogP contribution in [0, 0.1) is 17.8 Å². The summed E-state index contributed by atoms with van der Waals surface area (Å²) in [6.07, 6.45) is 10.2. The van der Waals surface area contributed by atoms with Gasteiger partial charge in [0, 0.05) is 23.7 Å². The highest BCUT2D eigenvalue weighted by Crippen LogP contribution is 2.36. The summed E-state index contributed by atoms with van der Waals surface area (Å²) in [7, 11) is 0. The van der Waals surface area contributed by atoms with Crippen LogP contribution in [-0.4, -0.2) is 16.9 Å². The first-order chi connectivity index (χ1) is 16.9. The van der Waals surface area contributed by atoms with E-state index in [1.54, 1.807) is 24.4 Å². The Hall–Kier alpha value is -3.07. The van der Waals surface area contributed by atoms with Gasteiger partial charge in [-0.15, -0.1) is 0 Å². The van der Waals surface area contributed by atoms with Crippen molar-refractivity contribution < 1.29 is 18.0 Å². The molecule has 0 bridgehead atoms. The van der Waals surface area contributed by atoms with Crippen molar-refractivity contribution in [2.45, 2.75) is 75.9 Å². The summed E-state index contributed by atoms with van der Waals surface area (Å²) in [6.45, 7) is 0. The second-order valence-corrected chi connectivity index (χ2v) is 9.52. The summed E-state index contributed by atoms with van der Waals surface area (Å²) in [5, 5.41) is 3.10. The monoisotopic (exact) mass is 480 g/mol. The number of hydrogen-bond donors (Lipinski definition) is 1. The first-order valence-corrected chi connectivity index (χ1v) is 12.5.